The zero-order valence-electron chi connectivity index (χ0n) is 11.2. The fraction of sp³-hybridized carbons (Fsp3) is 0.176. The van der Waals surface area contributed by atoms with Gasteiger partial charge in [0.1, 0.15) is 0 Å². The summed E-state index contributed by atoms with van der Waals surface area (Å²) in [7, 11) is 0. The molecule has 1 atom stereocenters. The van der Waals surface area contributed by atoms with E-state index >= 15 is 0 Å². The number of hydrogen-bond acceptors (Lipinski definition) is 0. The second-order valence-electron chi connectivity index (χ2n) is 4.75. The number of halogens is 2. The molecule has 0 aromatic heterocycles. The van der Waals surface area contributed by atoms with Gasteiger partial charge in [0.15, 0.2) is 0 Å². The number of hydrogen-bond donors (Lipinski definition) is 0. The van der Waals surface area contributed by atoms with Gasteiger partial charge in [-0.15, -0.1) is 0 Å². The van der Waals surface area contributed by atoms with Gasteiger partial charge >= 0.3 is 118 Å². The van der Waals surface area contributed by atoms with E-state index in [2.05, 4.69) is 61.2 Å². The van der Waals surface area contributed by atoms with E-state index < -0.39 is 0 Å². The summed E-state index contributed by atoms with van der Waals surface area (Å²) in [6, 6.07) is 8.81. The second kappa shape index (κ2) is 8.05. The smallest absolute Gasteiger partial charge is 1.00 e. The van der Waals surface area contributed by atoms with Gasteiger partial charge in [-0.2, -0.15) is 0 Å². The van der Waals surface area contributed by atoms with Gasteiger partial charge in [-0.25, -0.2) is 0 Å². The van der Waals surface area contributed by atoms with Crippen LogP contribution in [0.4, 0.5) is 0 Å². The molecule has 0 amide bonds. The first-order valence-corrected chi connectivity index (χ1v) is 7.99. The Morgan fingerprint density at radius 1 is 1.25 bits per heavy atom. The van der Waals surface area contributed by atoms with E-state index in [1.807, 2.05) is 0 Å². The van der Waals surface area contributed by atoms with Crippen molar-refractivity contribution in [1.29, 1.82) is 0 Å². The molecule has 0 N–H and O–H groups in total. The van der Waals surface area contributed by atoms with Gasteiger partial charge in [0, 0.05) is 0 Å². The van der Waals surface area contributed by atoms with Crippen LogP contribution in [0, 0.1) is 0 Å². The van der Waals surface area contributed by atoms with Gasteiger partial charge in [-0.3, -0.25) is 0 Å². The molecule has 3 heteroatoms. The summed E-state index contributed by atoms with van der Waals surface area (Å²) in [6.45, 7) is 3.92. The van der Waals surface area contributed by atoms with Crippen LogP contribution in [0.3, 0.4) is 0 Å². The normalized spacial score (nSPS) is 18.1. The topological polar surface area (TPSA) is 0 Å². The van der Waals surface area contributed by atoms with Crippen molar-refractivity contribution in [2.45, 2.75) is 18.8 Å². The summed E-state index contributed by atoms with van der Waals surface area (Å²) in [5.74, 6) is 0.597. The SMILES string of the molecule is C=CCC1[C]([Ti+2][C]2=CC=CC2)=Cc2ccccc21.[Cl-].[Cl-]. The predicted octanol–water partition coefficient (Wildman–Crippen LogP) is -1.36. The molecule has 2 aliphatic rings. The Kier molecular flexibility index (Phi) is 7.05. The molecule has 2 aliphatic carbocycles. The summed E-state index contributed by atoms with van der Waals surface area (Å²) in [5, 5.41) is 0. The summed E-state index contributed by atoms with van der Waals surface area (Å²) in [5.41, 5.74) is 2.93. The molecule has 0 nitrogen and oxygen atoms in total. The van der Waals surface area contributed by atoms with Crippen molar-refractivity contribution in [3.8, 4) is 0 Å². The number of rotatable bonds is 4. The number of allylic oxidation sites excluding steroid dienone is 6. The van der Waals surface area contributed by atoms with Crippen LogP contribution in [0.2, 0.25) is 0 Å². The van der Waals surface area contributed by atoms with Crippen LogP contribution in [0.1, 0.15) is 29.9 Å². The third kappa shape index (κ3) is 3.56. The predicted molar refractivity (Wildman–Crippen MR) is 73.8 cm³/mol. The third-order valence-corrected chi connectivity index (χ3v) is 5.84. The van der Waals surface area contributed by atoms with Gasteiger partial charge in [0.05, 0.1) is 0 Å². The maximum absolute atomic E-state index is 3.92. The number of fused-ring (bicyclic) bond motifs is 1. The first-order chi connectivity index (χ1) is 8.88. The zero-order valence-corrected chi connectivity index (χ0v) is 14.2. The second-order valence-corrected chi connectivity index (χ2v) is 7.05. The van der Waals surface area contributed by atoms with Crippen molar-refractivity contribution < 1.29 is 44.0 Å². The van der Waals surface area contributed by atoms with Gasteiger partial charge in [0.2, 0.25) is 0 Å². The summed E-state index contributed by atoms with van der Waals surface area (Å²) in [4.78, 5) is 0. The molecule has 0 fully saturated rings. The van der Waals surface area contributed by atoms with E-state index in [1.54, 1.807) is 7.76 Å². The molecular weight excluding hydrogens is 323 g/mol. The molecule has 1 unspecified atom stereocenters. The molecule has 0 aliphatic heterocycles. The molecule has 20 heavy (non-hydrogen) atoms. The molecule has 1 aromatic rings. The van der Waals surface area contributed by atoms with E-state index in [1.165, 1.54) is 17.5 Å². The molecule has 0 heterocycles. The van der Waals surface area contributed by atoms with Crippen LogP contribution in [-0.2, 0) is 19.2 Å². The standard InChI is InChI=1S/C12H11.C5H5.2ClH.Ti/c1-2-5-10-8-9-11-6-3-4-7-12(10)11;1-2-4-5-3-1;;;/h2-4,6-7,9-10H,1,5H2;1-3H,4H2;2*1H;/q;;;;+2/p-2. The first kappa shape index (κ1) is 17.5. The Labute approximate surface area is 142 Å². The zero-order chi connectivity index (χ0) is 12.4. The Morgan fingerprint density at radius 3 is 2.75 bits per heavy atom. The van der Waals surface area contributed by atoms with Crippen molar-refractivity contribution in [3.63, 3.8) is 0 Å². The average Bonchev–Trinajstić information content (AvgIpc) is 3.00. The number of benzene rings is 1. The molecule has 0 saturated heterocycles. The van der Waals surface area contributed by atoms with Crippen molar-refractivity contribution in [2.75, 3.05) is 0 Å². The van der Waals surface area contributed by atoms with E-state index in [-0.39, 0.29) is 44.0 Å². The molecule has 3 rings (SSSR count). The minimum atomic E-state index is -0.119. The van der Waals surface area contributed by atoms with E-state index in [4.69, 9.17) is 0 Å². The van der Waals surface area contributed by atoms with E-state index in [0.29, 0.717) is 5.92 Å². The monoisotopic (exact) mass is 338 g/mol. The Bertz CT molecular complexity index is 570. The fourth-order valence-electron chi connectivity index (χ4n) is 2.66. The van der Waals surface area contributed by atoms with Crippen molar-refractivity contribution >= 4 is 6.08 Å². The summed E-state index contributed by atoms with van der Waals surface area (Å²) in [6.07, 6.45) is 13.5. The molecule has 0 radical (unpaired) electrons. The Hall–Kier alpha value is -0.526. The van der Waals surface area contributed by atoms with Gasteiger partial charge in [-0.1, -0.05) is 0 Å². The minimum Gasteiger partial charge on any atom is -1.00 e. The van der Waals surface area contributed by atoms with Crippen LogP contribution in [0.15, 0.2) is 62.9 Å². The van der Waals surface area contributed by atoms with E-state index in [9.17, 15) is 0 Å². The van der Waals surface area contributed by atoms with Crippen LogP contribution >= 0.6 is 0 Å². The van der Waals surface area contributed by atoms with Gasteiger partial charge in [0.25, 0.3) is 0 Å². The maximum atomic E-state index is 3.92. The summed E-state index contributed by atoms with van der Waals surface area (Å²) >= 11 is -0.119. The Balaban J connectivity index is 0.000001000. The maximum Gasteiger partial charge on any atom is -1.00 e. The van der Waals surface area contributed by atoms with Crippen molar-refractivity contribution in [1.82, 2.24) is 0 Å². The van der Waals surface area contributed by atoms with Crippen molar-refractivity contribution in [2.24, 2.45) is 0 Å². The molecule has 0 saturated carbocycles. The third-order valence-electron chi connectivity index (χ3n) is 3.54. The van der Waals surface area contributed by atoms with E-state index in [0.717, 1.165) is 6.42 Å². The Morgan fingerprint density at radius 2 is 2.05 bits per heavy atom. The van der Waals surface area contributed by atoms with Crippen LogP contribution < -0.4 is 24.8 Å². The van der Waals surface area contributed by atoms with Gasteiger partial charge < -0.3 is 24.8 Å². The first-order valence-electron chi connectivity index (χ1n) is 6.42. The molecular formula is C17H16Cl2Ti. The van der Waals surface area contributed by atoms with Crippen LogP contribution in [0.25, 0.3) is 6.08 Å². The largest absolute Gasteiger partial charge is 1.00 e. The minimum absolute atomic E-state index is 0. The van der Waals surface area contributed by atoms with Crippen LogP contribution in [-0.4, -0.2) is 0 Å². The molecule has 0 spiro atoms. The molecule has 1 aromatic carbocycles. The fourth-order valence-corrected chi connectivity index (χ4v) is 4.92. The quantitative estimate of drug-likeness (QED) is 0.470. The van der Waals surface area contributed by atoms with Gasteiger partial charge in [-0.05, 0) is 0 Å². The van der Waals surface area contributed by atoms with Crippen LogP contribution in [0.5, 0.6) is 0 Å². The summed E-state index contributed by atoms with van der Waals surface area (Å²) < 4.78 is 3.33. The molecule has 0 bridgehead atoms. The average molecular weight is 339 g/mol. The van der Waals surface area contributed by atoms with Crippen molar-refractivity contribution in [3.05, 3.63) is 74.0 Å². The molecule has 102 valence electrons.